The van der Waals surface area contributed by atoms with Crippen LogP contribution in [0.3, 0.4) is 0 Å². The SMILES string of the molecule is O=C(O)c1c[nH]c2ccccc12.[N-]=[N+]=N. The molecule has 0 amide bonds. The van der Waals surface area contributed by atoms with Crippen LogP contribution in [0.4, 0.5) is 0 Å². The molecule has 0 radical (unpaired) electrons. The van der Waals surface area contributed by atoms with Gasteiger partial charge < -0.3 is 10.1 Å². The number of hydrogen-bond donors (Lipinski definition) is 3. The topological polar surface area (TPSA) is 113 Å². The summed E-state index contributed by atoms with van der Waals surface area (Å²) in [6.45, 7) is 0. The fraction of sp³-hybridized carbons (Fsp3) is 0. The Morgan fingerprint density at radius 1 is 1.47 bits per heavy atom. The number of carboxylic acid groups (broad SMARTS) is 1. The van der Waals surface area contributed by atoms with Gasteiger partial charge in [-0.05, 0) is 16.5 Å². The Labute approximate surface area is 84.6 Å². The summed E-state index contributed by atoms with van der Waals surface area (Å²) in [5, 5.41) is 9.51. The quantitative estimate of drug-likeness (QED) is 0.376. The fourth-order valence-corrected chi connectivity index (χ4v) is 1.25. The highest BCUT2D eigenvalue weighted by atomic mass is 16.4. The van der Waals surface area contributed by atoms with E-state index in [0.29, 0.717) is 5.56 Å². The zero-order valence-electron chi connectivity index (χ0n) is 7.64. The molecule has 15 heavy (non-hydrogen) atoms. The smallest absolute Gasteiger partial charge is 0.337 e. The Morgan fingerprint density at radius 2 is 2.07 bits per heavy atom. The number of carboxylic acids is 1. The highest BCUT2D eigenvalue weighted by Gasteiger charge is 2.08. The molecule has 3 N–H and O–H groups in total. The standard InChI is InChI=1S/C9H7NO2.HN3/c11-9(12)7-5-10-8-4-2-1-3-6(7)8;1-3-2/h1-5,10H,(H,11,12);1H. The van der Waals surface area contributed by atoms with E-state index in [2.05, 4.69) is 4.98 Å². The first-order chi connectivity index (χ1) is 7.20. The molecule has 0 fully saturated rings. The molecule has 1 heterocycles. The number of para-hydroxylation sites is 1. The van der Waals surface area contributed by atoms with Gasteiger partial charge in [0, 0.05) is 17.1 Å². The van der Waals surface area contributed by atoms with Crippen molar-refractivity contribution in [3.8, 4) is 0 Å². The Balaban J connectivity index is 0.000000337. The van der Waals surface area contributed by atoms with E-state index in [1.807, 2.05) is 18.2 Å². The molecule has 0 aliphatic rings. The third kappa shape index (κ3) is 2.26. The van der Waals surface area contributed by atoms with Gasteiger partial charge in [0.15, 0.2) is 0 Å². The number of aromatic carboxylic acids is 1. The van der Waals surface area contributed by atoms with Gasteiger partial charge >= 0.3 is 5.97 Å². The predicted molar refractivity (Wildman–Crippen MR) is 54.7 cm³/mol. The molecule has 0 atom stereocenters. The van der Waals surface area contributed by atoms with Crippen LogP contribution >= 0.6 is 0 Å². The second-order valence-corrected chi connectivity index (χ2v) is 2.65. The third-order valence-electron chi connectivity index (χ3n) is 1.82. The molecule has 0 spiro atoms. The van der Waals surface area contributed by atoms with Crippen LogP contribution in [0.25, 0.3) is 21.3 Å². The van der Waals surface area contributed by atoms with E-state index in [1.54, 1.807) is 11.0 Å². The van der Waals surface area contributed by atoms with E-state index in [-0.39, 0.29) is 0 Å². The first-order valence-corrected chi connectivity index (χ1v) is 4.01. The highest BCUT2D eigenvalue weighted by molar-refractivity contribution is 6.02. The van der Waals surface area contributed by atoms with E-state index < -0.39 is 5.97 Å². The number of aromatic nitrogens is 1. The maximum atomic E-state index is 10.7. The van der Waals surface area contributed by atoms with Gasteiger partial charge in [-0.25, -0.2) is 4.79 Å². The number of carbonyl (C=O) groups is 1. The Hall–Kier alpha value is -2.46. The van der Waals surface area contributed by atoms with E-state index in [1.165, 1.54) is 6.20 Å². The number of nitrogens with zero attached hydrogens (tertiary/aromatic N) is 2. The minimum atomic E-state index is -0.896. The normalized spacial score (nSPS) is 8.80. The molecule has 2 rings (SSSR count). The van der Waals surface area contributed by atoms with Gasteiger partial charge in [-0.15, -0.1) is 5.53 Å². The maximum Gasteiger partial charge on any atom is 0.337 e. The molecule has 0 saturated carbocycles. The number of H-pyrrole nitrogens is 1. The zero-order chi connectivity index (χ0) is 11.3. The van der Waals surface area contributed by atoms with E-state index in [0.717, 1.165) is 10.9 Å². The summed E-state index contributed by atoms with van der Waals surface area (Å²) >= 11 is 0. The average molecular weight is 204 g/mol. The molecule has 0 saturated heterocycles. The molecule has 1 aromatic carbocycles. The maximum absolute atomic E-state index is 10.7. The molecule has 1 aromatic heterocycles. The lowest BCUT2D eigenvalue weighted by atomic mass is 10.2. The van der Waals surface area contributed by atoms with Crippen LogP contribution in [0, 0.1) is 5.53 Å². The summed E-state index contributed by atoms with van der Waals surface area (Å²) in [5.74, 6) is -0.896. The highest BCUT2D eigenvalue weighted by Crippen LogP contribution is 2.16. The summed E-state index contributed by atoms with van der Waals surface area (Å²) in [7, 11) is 0. The summed E-state index contributed by atoms with van der Waals surface area (Å²) in [6, 6.07) is 7.32. The number of aromatic amines is 1. The van der Waals surface area contributed by atoms with Gasteiger partial charge in [-0.1, -0.05) is 18.2 Å². The minimum absolute atomic E-state index is 0.325. The summed E-state index contributed by atoms with van der Waals surface area (Å²) in [6.07, 6.45) is 1.51. The fourth-order valence-electron chi connectivity index (χ4n) is 1.25. The number of nitrogens with one attached hydrogen (secondary N) is 2. The summed E-state index contributed by atoms with van der Waals surface area (Å²) in [4.78, 5) is 15.3. The molecule has 76 valence electrons. The largest absolute Gasteiger partial charge is 0.478 e. The van der Waals surface area contributed by atoms with Crippen LogP contribution in [0.1, 0.15) is 10.4 Å². The zero-order valence-corrected chi connectivity index (χ0v) is 7.64. The van der Waals surface area contributed by atoms with Crippen molar-refractivity contribution in [2.75, 3.05) is 0 Å². The second-order valence-electron chi connectivity index (χ2n) is 2.65. The number of rotatable bonds is 1. The first-order valence-electron chi connectivity index (χ1n) is 4.01. The summed E-state index contributed by atoms with van der Waals surface area (Å²) in [5.41, 5.74) is 13.4. The van der Waals surface area contributed by atoms with E-state index >= 15 is 0 Å². The molecule has 2 aromatic rings. The second kappa shape index (κ2) is 4.69. The van der Waals surface area contributed by atoms with Crippen LogP contribution in [-0.4, -0.2) is 16.1 Å². The van der Waals surface area contributed by atoms with Crippen molar-refractivity contribution in [3.05, 3.63) is 46.5 Å². The van der Waals surface area contributed by atoms with Crippen LogP contribution in [0.2, 0.25) is 0 Å². The molecule has 0 aliphatic heterocycles. The molecule has 0 aliphatic carbocycles. The Morgan fingerprint density at radius 3 is 2.67 bits per heavy atom. The van der Waals surface area contributed by atoms with Crippen molar-refractivity contribution < 1.29 is 9.90 Å². The lowest BCUT2D eigenvalue weighted by molar-refractivity contribution is 0.0699. The van der Waals surface area contributed by atoms with E-state index in [4.69, 9.17) is 16.2 Å². The lowest BCUT2D eigenvalue weighted by Crippen LogP contribution is -1.92. The Kier molecular flexibility index (Phi) is 3.32. The first kappa shape index (κ1) is 10.6. The molecule has 6 heteroatoms. The van der Waals surface area contributed by atoms with Crippen molar-refractivity contribution in [3.63, 3.8) is 0 Å². The van der Waals surface area contributed by atoms with Crippen LogP contribution in [0.5, 0.6) is 0 Å². The van der Waals surface area contributed by atoms with Gasteiger partial charge in [-0.3, -0.25) is 0 Å². The third-order valence-corrected chi connectivity index (χ3v) is 1.82. The molecule has 0 unspecified atom stereocenters. The number of fused-ring (bicyclic) bond motifs is 1. The van der Waals surface area contributed by atoms with Gasteiger partial charge in [-0.2, -0.15) is 0 Å². The van der Waals surface area contributed by atoms with E-state index in [9.17, 15) is 4.79 Å². The van der Waals surface area contributed by atoms with Crippen molar-refractivity contribution in [1.29, 1.82) is 5.53 Å². The van der Waals surface area contributed by atoms with Crippen molar-refractivity contribution >= 4 is 16.9 Å². The van der Waals surface area contributed by atoms with Gasteiger partial charge in [0.1, 0.15) is 0 Å². The lowest BCUT2D eigenvalue weighted by Gasteiger charge is -1.89. The minimum Gasteiger partial charge on any atom is -0.478 e. The van der Waals surface area contributed by atoms with Gasteiger partial charge in [0.05, 0.1) is 5.56 Å². The van der Waals surface area contributed by atoms with Gasteiger partial charge in [0.25, 0.3) is 0 Å². The van der Waals surface area contributed by atoms with Gasteiger partial charge in [0.2, 0.25) is 0 Å². The molecule has 6 nitrogen and oxygen atoms in total. The number of hydrogen-bond acceptors (Lipinski definition) is 2. The van der Waals surface area contributed by atoms with Crippen molar-refractivity contribution in [2.45, 2.75) is 0 Å². The van der Waals surface area contributed by atoms with Crippen molar-refractivity contribution in [1.82, 2.24) is 4.98 Å². The summed E-state index contributed by atoms with van der Waals surface area (Å²) < 4.78 is 0. The average Bonchev–Trinajstić information content (AvgIpc) is 2.62. The van der Waals surface area contributed by atoms with Crippen LogP contribution < -0.4 is 0 Å². The molecular formula is C9H8N4O2. The van der Waals surface area contributed by atoms with Crippen LogP contribution in [-0.2, 0) is 0 Å². The molecular weight excluding hydrogens is 196 g/mol. The molecule has 0 bridgehead atoms. The van der Waals surface area contributed by atoms with Crippen molar-refractivity contribution in [2.24, 2.45) is 0 Å². The number of benzene rings is 1. The monoisotopic (exact) mass is 204 g/mol. The van der Waals surface area contributed by atoms with Crippen LogP contribution in [0.15, 0.2) is 30.5 Å². The Bertz CT molecular complexity index is 512. The predicted octanol–water partition coefficient (Wildman–Crippen LogP) is 2.74.